The largest absolute Gasteiger partial charge is 0.384 e. The van der Waals surface area contributed by atoms with Gasteiger partial charge in [-0.05, 0) is 42.2 Å². The van der Waals surface area contributed by atoms with Gasteiger partial charge in [-0.25, -0.2) is 0 Å². The molecule has 0 amide bonds. The Balaban J connectivity index is 1.80. The van der Waals surface area contributed by atoms with E-state index in [0.717, 1.165) is 35.8 Å². The van der Waals surface area contributed by atoms with Gasteiger partial charge in [-0.3, -0.25) is 0 Å². The van der Waals surface area contributed by atoms with Crippen LogP contribution in [-0.2, 0) is 13.0 Å². The minimum Gasteiger partial charge on any atom is -0.384 e. The lowest BCUT2D eigenvalue weighted by Crippen LogP contribution is -2.04. The molecule has 3 rings (SSSR count). The van der Waals surface area contributed by atoms with Crippen molar-refractivity contribution in [2.45, 2.75) is 19.9 Å². The molecule has 0 unspecified atom stereocenters. The molecular weight excluding hydrogens is 256 g/mol. The highest BCUT2D eigenvalue weighted by molar-refractivity contribution is 6.31. The molecule has 98 valence electrons. The zero-order chi connectivity index (χ0) is 13.2. The maximum Gasteiger partial charge on any atom is 0.0455 e. The Kier molecular flexibility index (Phi) is 3.34. The fourth-order valence-electron chi connectivity index (χ4n) is 2.55. The Bertz CT molecular complexity index is 608. The van der Waals surface area contributed by atoms with Crippen molar-refractivity contribution in [2.75, 3.05) is 17.2 Å². The normalized spacial score (nSPS) is 12.9. The first-order chi connectivity index (χ1) is 9.25. The summed E-state index contributed by atoms with van der Waals surface area (Å²) in [6.45, 7) is 3.90. The monoisotopic (exact) mass is 272 g/mol. The average molecular weight is 273 g/mol. The number of hydrogen-bond donors (Lipinski definition) is 2. The average Bonchev–Trinajstić information content (AvgIpc) is 2.89. The second-order valence-corrected chi connectivity index (χ2v) is 5.30. The minimum absolute atomic E-state index is 0.807. The van der Waals surface area contributed by atoms with Crippen molar-refractivity contribution in [1.29, 1.82) is 0 Å². The molecule has 3 heteroatoms. The topological polar surface area (TPSA) is 24.1 Å². The van der Waals surface area contributed by atoms with E-state index in [1.165, 1.54) is 16.8 Å². The molecule has 2 aromatic carbocycles. The van der Waals surface area contributed by atoms with Crippen LogP contribution in [0.4, 0.5) is 11.4 Å². The van der Waals surface area contributed by atoms with Crippen LogP contribution < -0.4 is 10.6 Å². The first kappa shape index (κ1) is 12.4. The number of para-hydroxylation sites is 1. The number of hydrogen-bond acceptors (Lipinski definition) is 2. The Labute approximate surface area is 118 Å². The van der Waals surface area contributed by atoms with Gasteiger partial charge in [-0.15, -0.1) is 0 Å². The second kappa shape index (κ2) is 5.14. The van der Waals surface area contributed by atoms with Crippen molar-refractivity contribution in [3.63, 3.8) is 0 Å². The van der Waals surface area contributed by atoms with E-state index in [-0.39, 0.29) is 0 Å². The van der Waals surface area contributed by atoms with Gasteiger partial charge in [0.2, 0.25) is 0 Å². The van der Waals surface area contributed by atoms with Gasteiger partial charge in [-0.2, -0.15) is 0 Å². The van der Waals surface area contributed by atoms with Gasteiger partial charge in [0, 0.05) is 29.5 Å². The summed E-state index contributed by atoms with van der Waals surface area (Å²) in [7, 11) is 0. The quantitative estimate of drug-likeness (QED) is 0.874. The van der Waals surface area contributed by atoms with Crippen LogP contribution in [0.2, 0.25) is 5.02 Å². The molecule has 0 atom stereocenters. The lowest BCUT2D eigenvalue weighted by molar-refractivity contribution is 1.11. The summed E-state index contributed by atoms with van der Waals surface area (Å²) in [5, 5.41) is 7.75. The Hall–Kier alpha value is -1.67. The van der Waals surface area contributed by atoms with Crippen LogP contribution in [0.25, 0.3) is 0 Å². The third kappa shape index (κ3) is 2.41. The first-order valence-corrected chi connectivity index (χ1v) is 6.97. The molecule has 2 N–H and O–H groups in total. The zero-order valence-corrected chi connectivity index (χ0v) is 11.7. The van der Waals surface area contributed by atoms with Crippen LogP contribution >= 0.6 is 11.6 Å². The fourth-order valence-corrected chi connectivity index (χ4v) is 2.72. The third-order valence-corrected chi connectivity index (χ3v) is 4.08. The molecule has 2 aromatic rings. The zero-order valence-electron chi connectivity index (χ0n) is 11.0. The lowest BCUT2D eigenvalue weighted by Gasteiger charge is -2.13. The van der Waals surface area contributed by atoms with E-state index >= 15 is 0 Å². The fraction of sp³-hybridized carbons (Fsp3) is 0.250. The smallest absolute Gasteiger partial charge is 0.0455 e. The SMILES string of the molecule is Cc1c(Cl)cccc1NCc1cccc2c1NCC2. The van der Waals surface area contributed by atoms with Gasteiger partial charge in [0.1, 0.15) is 0 Å². The molecule has 0 aliphatic carbocycles. The van der Waals surface area contributed by atoms with E-state index in [1.807, 2.05) is 19.1 Å². The van der Waals surface area contributed by atoms with E-state index in [0.29, 0.717) is 0 Å². The van der Waals surface area contributed by atoms with Gasteiger partial charge in [0.25, 0.3) is 0 Å². The number of benzene rings is 2. The highest BCUT2D eigenvalue weighted by Gasteiger charge is 2.13. The van der Waals surface area contributed by atoms with Gasteiger partial charge < -0.3 is 10.6 Å². The molecule has 0 radical (unpaired) electrons. The van der Waals surface area contributed by atoms with Crippen molar-refractivity contribution in [2.24, 2.45) is 0 Å². The molecule has 0 spiro atoms. The number of rotatable bonds is 3. The first-order valence-electron chi connectivity index (χ1n) is 6.59. The van der Waals surface area contributed by atoms with Gasteiger partial charge in [-0.1, -0.05) is 35.9 Å². The van der Waals surface area contributed by atoms with E-state index in [1.54, 1.807) is 0 Å². The van der Waals surface area contributed by atoms with Crippen LogP contribution in [0, 0.1) is 6.92 Å². The summed E-state index contributed by atoms with van der Waals surface area (Å²) in [5.74, 6) is 0. The van der Waals surface area contributed by atoms with Crippen molar-refractivity contribution < 1.29 is 0 Å². The molecule has 1 aliphatic rings. The van der Waals surface area contributed by atoms with Gasteiger partial charge in [0.15, 0.2) is 0 Å². The molecule has 0 saturated heterocycles. The molecule has 0 aromatic heterocycles. The predicted octanol–water partition coefficient (Wildman–Crippen LogP) is 4.23. The maximum atomic E-state index is 6.14. The summed E-state index contributed by atoms with van der Waals surface area (Å²) in [6, 6.07) is 12.5. The van der Waals surface area contributed by atoms with Crippen LogP contribution in [0.5, 0.6) is 0 Å². The Morgan fingerprint density at radius 3 is 2.95 bits per heavy atom. The number of halogens is 1. The standard InChI is InChI=1S/C16H17ClN2/c1-11-14(17)6-3-7-15(11)19-10-13-5-2-4-12-8-9-18-16(12)13/h2-7,18-19H,8-10H2,1H3. The number of anilines is 2. The number of fused-ring (bicyclic) bond motifs is 1. The van der Waals surface area contributed by atoms with Gasteiger partial charge >= 0.3 is 0 Å². The molecule has 1 aliphatic heterocycles. The summed E-state index contributed by atoms with van der Waals surface area (Å²) in [6.07, 6.45) is 1.12. The van der Waals surface area contributed by atoms with E-state index in [4.69, 9.17) is 11.6 Å². The van der Waals surface area contributed by atoms with Crippen LogP contribution in [0.1, 0.15) is 16.7 Å². The summed E-state index contributed by atoms with van der Waals surface area (Å²) >= 11 is 6.14. The Morgan fingerprint density at radius 2 is 2.05 bits per heavy atom. The summed E-state index contributed by atoms with van der Waals surface area (Å²) < 4.78 is 0. The van der Waals surface area contributed by atoms with Crippen LogP contribution in [0.15, 0.2) is 36.4 Å². The van der Waals surface area contributed by atoms with Crippen LogP contribution in [0.3, 0.4) is 0 Å². The molecule has 2 nitrogen and oxygen atoms in total. The van der Waals surface area contributed by atoms with Crippen molar-refractivity contribution in [1.82, 2.24) is 0 Å². The minimum atomic E-state index is 0.807. The Morgan fingerprint density at radius 1 is 1.21 bits per heavy atom. The second-order valence-electron chi connectivity index (χ2n) is 4.89. The molecule has 0 fully saturated rings. The summed E-state index contributed by atoms with van der Waals surface area (Å²) in [4.78, 5) is 0. The molecule has 19 heavy (non-hydrogen) atoms. The predicted molar refractivity (Wildman–Crippen MR) is 82.2 cm³/mol. The van der Waals surface area contributed by atoms with Crippen molar-refractivity contribution in [3.8, 4) is 0 Å². The van der Waals surface area contributed by atoms with Crippen LogP contribution in [-0.4, -0.2) is 6.54 Å². The molecule has 0 bridgehead atoms. The van der Waals surface area contributed by atoms with Crippen molar-refractivity contribution in [3.05, 3.63) is 58.1 Å². The summed E-state index contributed by atoms with van der Waals surface area (Å²) in [5.41, 5.74) is 6.24. The van der Waals surface area contributed by atoms with E-state index < -0.39 is 0 Å². The van der Waals surface area contributed by atoms with E-state index in [2.05, 4.69) is 34.9 Å². The maximum absolute atomic E-state index is 6.14. The highest BCUT2D eigenvalue weighted by atomic mass is 35.5. The lowest BCUT2D eigenvalue weighted by atomic mass is 10.1. The third-order valence-electron chi connectivity index (χ3n) is 3.67. The van der Waals surface area contributed by atoms with Crippen molar-refractivity contribution >= 4 is 23.0 Å². The molecular formula is C16H17ClN2. The highest BCUT2D eigenvalue weighted by Crippen LogP contribution is 2.28. The molecule has 0 saturated carbocycles. The number of nitrogens with one attached hydrogen (secondary N) is 2. The molecule has 1 heterocycles. The van der Waals surface area contributed by atoms with Gasteiger partial charge in [0.05, 0.1) is 0 Å². The van der Waals surface area contributed by atoms with E-state index in [9.17, 15) is 0 Å².